The second-order valence-electron chi connectivity index (χ2n) is 5.30. The fraction of sp³-hybridized carbons (Fsp3) is 0. The number of thiophene rings is 2. The summed E-state index contributed by atoms with van der Waals surface area (Å²) >= 11 is 3.35. The average Bonchev–Trinajstić information content (AvgIpc) is 3.34. The Morgan fingerprint density at radius 1 is 1.00 bits per heavy atom. The van der Waals surface area contributed by atoms with E-state index in [4.69, 9.17) is 4.98 Å². The van der Waals surface area contributed by atoms with Gasteiger partial charge in [-0.2, -0.15) is 5.10 Å². The van der Waals surface area contributed by atoms with E-state index in [0.717, 1.165) is 27.4 Å². The number of nitrogens with zero attached hydrogens (tertiary/aromatic N) is 3. The largest absolute Gasteiger partial charge is 0.338 e. The highest BCUT2D eigenvalue weighted by molar-refractivity contribution is 7.17. The molecule has 0 radical (unpaired) electrons. The van der Waals surface area contributed by atoms with Crippen LogP contribution in [0, 0.1) is 0 Å². The van der Waals surface area contributed by atoms with E-state index >= 15 is 0 Å². The topological polar surface area (TPSA) is 66.5 Å². The van der Waals surface area contributed by atoms with Gasteiger partial charge >= 0.3 is 0 Å². The van der Waals surface area contributed by atoms with E-state index in [1.807, 2.05) is 17.5 Å². The van der Waals surface area contributed by atoms with Crippen LogP contribution in [0.25, 0.3) is 31.8 Å². The second-order valence-corrected chi connectivity index (χ2v) is 7.20. The number of H-pyrrole nitrogens is 1. The van der Waals surface area contributed by atoms with Crippen LogP contribution in [0.3, 0.4) is 0 Å². The molecule has 5 aromatic rings. The predicted octanol–water partition coefficient (Wildman–Crippen LogP) is 5.04. The number of anilines is 2. The SMILES string of the molecule is c1csc(-c2nc(Nc3ccc4ccsc4c3)c3[nH]ncc3n2)c1. The van der Waals surface area contributed by atoms with Crippen LogP contribution >= 0.6 is 22.7 Å². The molecule has 2 N–H and O–H groups in total. The van der Waals surface area contributed by atoms with Crippen molar-refractivity contribution < 1.29 is 0 Å². The van der Waals surface area contributed by atoms with Gasteiger partial charge in [0.15, 0.2) is 11.6 Å². The zero-order chi connectivity index (χ0) is 15.9. The highest BCUT2D eigenvalue weighted by atomic mass is 32.1. The third kappa shape index (κ3) is 2.26. The molecule has 0 spiro atoms. The number of rotatable bonds is 3. The predicted molar refractivity (Wildman–Crippen MR) is 100 cm³/mol. The molecule has 0 saturated heterocycles. The van der Waals surface area contributed by atoms with Gasteiger partial charge in [-0.3, -0.25) is 5.10 Å². The molecule has 0 saturated carbocycles. The first kappa shape index (κ1) is 13.6. The average molecular weight is 349 g/mol. The van der Waals surface area contributed by atoms with Gasteiger partial charge in [0.25, 0.3) is 0 Å². The minimum atomic E-state index is 0.707. The van der Waals surface area contributed by atoms with E-state index in [0.29, 0.717) is 5.82 Å². The molecule has 0 amide bonds. The molecule has 0 aliphatic carbocycles. The third-order valence-corrected chi connectivity index (χ3v) is 5.51. The molecule has 0 aliphatic rings. The maximum absolute atomic E-state index is 4.70. The summed E-state index contributed by atoms with van der Waals surface area (Å²) < 4.78 is 1.24. The van der Waals surface area contributed by atoms with Crippen LogP contribution < -0.4 is 5.32 Å². The molecular formula is C17H11N5S2. The van der Waals surface area contributed by atoms with E-state index in [1.165, 1.54) is 10.1 Å². The number of hydrogen-bond donors (Lipinski definition) is 2. The lowest BCUT2D eigenvalue weighted by molar-refractivity contribution is 1.11. The number of hydrogen-bond acceptors (Lipinski definition) is 6. The van der Waals surface area contributed by atoms with Crippen LogP contribution in [-0.4, -0.2) is 20.2 Å². The van der Waals surface area contributed by atoms with Crippen molar-refractivity contribution in [2.45, 2.75) is 0 Å². The maximum Gasteiger partial charge on any atom is 0.172 e. The summed E-state index contributed by atoms with van der Waals surface area (Å²) in [6.45, 7) is 0. The zero-order valence-electron chi connectivity index (χ0n) is 12.4. The van der Waals surface area contributed by atoms with Crippen molar-refractivity contribution in [3.05, 3.63) is 53.4 Å². The van der Waals surface area contributed by atoms with Crippen LogP contribution in [-0.2, 0) is 0 Å². The number of aromatic amines is 1. The first-order chi connectivity index (χ1) is 11.9. The fourth-order valence-corrected chi connectivity index (χ4v) is 4.10. The van der Waals surface area contributed by atoms with Gasteiger partial charge in [0.1, 0.15) is 11.0 Å². The Morgan fingerprint density at radius 2 is 2.00 bits per heavy atom. The Balaban J connectivity index is 1.63. The van der Waals surface area contributed by atoms with Crippen molar-refractivity contribution in [2.75, 3.05) is 5.32 Å². The molecule has 24 heavy (non-hydrogen) atoms. The lowest BCUT2D eigenvalue weighted by Crippen LogP contribution is -1.98. The van der Waals surface area contributed by atoms with E-state index in [2.05, 4.69) is 50.1 Å². The molecule has 4 heterocycles. The minimum Gasteiger partial charge on any atom is -0.338 e. The molecular weight excluding hydrogens is 338 g/mol. The van der Waals surface area contributed by atoms with Crippen LogP contribution in [0.1, 0.15) is 0 Å². The second kappa shape index (κ2) is 5.40. The highest BCUT2D eigenvalue weighted by Gasteiger charge is 2.12. The summed E-state index contributed by atoms with van der Waals surface area (Å²) in [7, 11) is 0. The fourth-order valence-electron chi connectivity index (χ4n) is 2.62. The normalized spacial score (nSPS) is 11.3. The molecule has 4 aromatic heterocycles. The third-order valence-electron chi connectivity index (χ3n) is 3.76. The van der Waals surface area contributed by atoms with Crippen molar-refractivity contribution in [1.29, 1.82) is 0 Å². The van der Waals surface area contributed by atoms with Gasteiger partial charge in [0, 0.05) is 10.4 Å². The van der Waals surface area contributed by atoms with E-state index in [9.17, 15) is 0 Å². The Morgan fingerprint density at radius 3 is 2.92 bits per heavy atom. The molecule has 7 heteroatoms. The molecule has 0 aliphatic heterocycles. The van der Waals surface area contributed by atoms with Crippen molar-refractivity contribution in [3.63, 3.8) is 0 Å². The van der Waals surface area contributed by atoms with E-state index < -0.39 is 0 Å². The molecule has 0 unspecified atom stereocenters. The van der Waals surface area contributed by atoms with Crippen molar-refractivity contribution in [2.24, 2.45) is 0 Å². The summed E-state index contributed by atoms with van der Waals surface area (Å²) in [4.78, 5) is 10.3. The number of benzene rings is 1. The summed E-state index contributed by atoms with van der Waals surface area (Å²) in [5.74, 6) is 1.44. The zero-order valence-corrected chi connectivity index (χ0v) is 14.0. The quantitative estimate of drug-likeness (QED) is 0.479. The standard InChI is InChI=1S/C17H11N5S2/c1-2-13(23-6-1)16-20-12-9-18-22-15(12)17(21-16)19-11-4-3-10-5-7-24-14(10)8-11/h1-9H,(H,18,22)(H,19,20,21). The van der Waals surface area contributed by atoms with Crippen LogP contribution in [0.4, 0.5) is 11.5 Å². The molecule has 5 rings (SSSR count). The van der Waals surface area contributed by atoms with Crippen LogP contribution in [0.5, 0.6) is 0 Å². The van der Waals surface area contributed by atoms with Gasteiger partial charge < -0.3 is 5.32 Å². The summed E-state index contributed by atoms with van der Waals surface area (Å²) in [6, 6.07) is 12.4. The number of nitrogens with one attached hydrogen (secondary N) is 2. The van der Waals surface area contributed by atoms with Crippen LogP contribution in [0.2, 0.25) is 0 Å². The molecule has 116 valence electrons. The molecule has 0 atom stereocenters. The Bertz CT molecular complexity index is 1140. The molecule has 0 bridgehead atoms. The van der Waals surface area contributed by atoms with Crippen LogP contribution in [0.15, 0.2) is 53.4 Å². The lowest BCUT2D eigenvalue weighted by Gasteiger charge is -2.08. The van der Waals surface area contributed by atoms with Crippen molar-refractivity contribution in [1.82, 2.24) is 20.2 Å². The molecule has 0 fully saturated rings. The van der Waals surface area contributed by atoms with E-state index in [1.54, 1.807) is 28.9 Å². The van der Waals surface area contributed by atoms with E-state index in [-0.39, 0.29) is 0 Å². The number of fused-ring (bicyclic) bond motifs is 2. The van der Waals surface area contributed by atoms with Gasteiger partial charge in [0.05, 0.1) is 11.1 Å². The van der Waals surface area contributed by atoms with Crippen molar-refractivity contribution >= 4 is 55.3 Å². The Kier molecular flexibility index (Phi) is 3.07. The first-order valence-corrected chi connectivity index (χ1v) is 9.12. The van der Waals surface area contributed by atoms with Gasteiger partial charge in [-0.25, -0.2) is 9.97 Å². The lowest BCUT2D eigenvalue weighted by atomic mass is 10.2. The number of aromatic nitrogens is 4. The first-order valence-electron chi connectivity index (χ1n) is 7.36. The molecule has 1 aromatic carbocycles. The maximum atomic E-state index is 4.70. The Hall–Kier alpha value is -2.77. The summed E-state index contributed by atoms with van der Waals surface area (Å²) in [5, 5.41) is 15.9. The van der Waals surface area contributed by atoms with Gasteiger partial charge in [0.2, 0.25) is 0 Å². The van der Waals surface area contributed by atoms with Gasteiger partial charge in [-0.05, 0) is 40.4 Å². The minimum absolute atomic E-state index is 0.707. The van der Waals surface area contributed by atoms with Crippen molar-refractivity contribution in [3.8, 4) is 10.7 Å². The monoisotopic (exact) mass is 349 g/mol. The summed E-state index contributed by atoms with van der Waals surface area (Å²) in [6.07, 6.45) is 1.72. The Labute approximate surface area is 145 Å². The van der Waals surface area contributed by atoms with Gasteiger partial charge in [-0.15, -0.1) is 22.7 Å². The summed E-state index contributed by atoms with van der Waals surface area (Å²) in [5.41, 5.74) is 2.60. The smallest absolute Gasteiger partial charge is 0.172 e. The molecule has 5 nitrogen and oxygen atoms in total. The van der Waals surface area contributed by atoms with Gasteiger partial charge in [-0.1, -0.05) is 12.1 Å². The highest BCUT2D eigenvalue weighted by Crippen LogP contribution is 2.30.